The van der Waals surface area contributed by atoms with Crippen LogP contribution in [0.5, 0.6) is 0 Å². The van der Waals surface area contributed by atoms with Gasteiger partial charge in [0.05, 0.1) is 16.5 Å². The largest absolute Gasteiger partial charge is 0.598 e. The maximum Gasteiger partial charge on any atom is 0.268 e. The van der Waals surface area contributed by atoms with Crippen molar-refractivity contribution in [2.45, 2.75) is 62.6 Å². The van der Waals surface area contributed by atoms with E-state index >= 15 is 0 Å². The Morgan fingerprint density at radius 2 is 1.84 bits per heavy atom. The standard InChI is InChI=1S/C23H27ClN2O3S2/c1-15-8-11-17(12-9-15)31(28,29)26-20-7-5-6-19(25-30(27)23(2,3)4)22(20)18-13-10-16(24)14-21(18)26/h8-14,19,25H,5-7H2,1-4H3/t19-,30-/m1/s1. The van der Waals surface area contributed by atoms with E-state index in [0.29, 0.717) is 17.0 Å². The molecule has 1 aliphatic rings. The molecule has 1 heterocycles. The molecular weight excluding hydrogens is 452 g/mol. The summed E-state index contributed by atoms with van der Waals surface area (Å²) in [6.45, 7) is 7.69. The number of hydrogen-bond acceptors (Lipinski definition) is 4. The molecule has 3 aromatic rings. The number of rotatable bonds is 4. The average Bonchev–Trinajstić information content (AvgIpc) is 3.02. The van der Waals surface area contributed by atoms with Gasteiger partial charge in [-0.25, -0.2) is 12.4 Å². The lowest BCUT2D eigenvalue weighted by molar-refractivity contribution is 0.488. The second-order valence-electron chi connectivity index (χ2n) is 9.05. The van der Waals surface area contributed by atoms with Crippen molar-refractivity contribution in [3.63, 3.8) is 0 Å². The van der Waals surface area contributed by atoms with Crippen molar-refractivity contribution >= 4 is 43.9 Å². The van der Waals surface area contributed by atoms with Crippen LogP contribution in [0.15, 0.2) is 47.4 Å². The first-order valence-corrected chi connectivity index (χ1v) is 13.3. The molecule has 0 saturated carbocycles. The van der Waals surface area contributed by atoms with Crippen molar-refractivity contribution in [2.75, 3.05) is 0 Å². The fourth-order valence-corrected chi connectivity index (χ4v) is 6.66. The monoisotopic (exact) mass is 478 g/mol. The highest BCUT2D eigenvalue weighted by molar-refractivity contribution is 7.91. The van der Waals surface area contributed by atoms with E-state index in [1.54, 1.807) is 36.4 Å². The van der Waals surface area contributed by atoms with Crippen molar-refractivity contribution in [3.8, 4) is 0 Å². The maximum atomic E-state index is 13.7. The first-order chi connectivity index (χ1) is 14.5. The van der Waals surface area contributed by atoms with Gasteiger partial charge in [0, 0.05) is 33.0 Å². The number of nitrogens with zero attached hydrogens (tertiary/aromatic N) is 1. The van der Waals surface area contributed by atoms with Gasteiger partial charge >= 0.3 is 0 Å². The fraction of sp³-hybridized carbons (Fsp3) is 0.391. The minimum atomic E-state index is -3.82. The number of nitrogens with one attached hydrogen (secondary N) is 1. The van der Waals surface area contributed by atoms with Crippen LogP contribution in [-0.4, -0.2) is 21.7 Å². The normalized spacial score (nSPS) is 18.2. The number of aryl methyl sites for hydroxylation is 1. The van der Waals surface area contributed by atoms with Crippen molar-refractivity contribution in [3.05, 3.63) is 64.3 Å². The molecule has 2 aromatic carbocycles. The lowest BCUT2D eigenvalue weighted by atomic mass is 9.91. The summed E-state index contributed by atoms with van der Waals surface area (Å²) < 4.78 is 44.6. The van der Waals surface area contributed by atoms with Crippen LogP contribution < -0.4 is 4.72 Å². The molecule has 0 saturated heterocycles. The quantitative estimate of drug-likeness (QED) is 0.518. The van der Waals surface area contributed by atoms with E-state index in [0.717, 1.165) is 35.0 Å². The fourth-order valence-electron chi connectivity index (χ4n) is 4.07. The minimum absolute atomic E-state index is 0.193. The molecule has 8 heteroatoms. The van der Waals surface area contributed by atoms with E-state index in [1.165, 1.54) is 3.97 Å². The van der Waals surface area contributed by atoms with Gasteiger partial charge in [-0.15, -0.1) is 4.72 Å². The van der Waals surface area contributed by atoms with E-state index in [1.807, 2.05) is 33.8 Å². The van der Waals surface area contributed by atoms with Crippen LogP contribution in [0.2, 0.25) is 5.02 Å². The van der Waals surface area contributed by atoms with Gasteiger partial charge in [0.25, 0.3) is 10.0 Å². The second kappa shape index (κ2) is 8.12. The SMILES string of the molecule is Cc1ccc(S(=O)(=O)n2c3c(c4ccc(Cl)cc42)[C@H](N[S@+]([O-])C(C)(C)C)CCC3)cc1. The van der Waals surface area contributed by atoms with Crippen molar-refractivity contribution in [1.82, 2.24) is 8.69 Å². The lowest BCUT2D eigenvalue weighted by Gasteiger charge is -2.30. The average molecular weight is 479 g/mol. The van der Waals surface area contributed by atoms with Crippen LogP contribution in [-0.2, 0) is 27.8 Å². The Balaban J connectivity index is 1.94. The van der Waals surface area contributed by atoms with E-state index < -0.39 is 26.1 Å². The van der Waals surface area contributed by atoms with E-state index in [4.69, 9.17) is 11.6 Å². The van der Waals surface area contributed by atoms with Gasteiger partial charge in [0.1, 0.15) is 4.75 Å². The minimum Gasteiger partial charge on any atom is -0.598 e. The smallest absolute Gasteiger partial charge is 0.268 e. The Hall–Kier alpha value is -1.51. The summed E-state index contributed by atoms with van der Waals surface area (Å²) in [6.07, 6.45) is 2.23. The molecule has 0 amide bonds. The molecular formula is C23H27ClN2O3S2. The summed E-state index contributed by atoms with van der Waals surface area (Å²) in [7, 11) is -3.82. The Morgan fingerprint density at radius 3 is 2.48 bits per heavy atom. The zero-order valence-electron chi connectivity index (χ0n) is 18.1. The number of fused-ring (bicyclic) bond motifs is 3. The van der Waals surface area contributed by atoms with Gasteiger partial charge in [-0.1, -0.05) is 35.4 Å². The number of halogens is 1. The number of aromatic nitrogens is 1. The van der Waals surface area contributed by atoms with Crippen LogP contribution in [0, 0.1) is 6.92 Å². The highest BCUT2D eigenvalue weighted by Gasteiger charge is 2.36. The topological polar surface area (TPSA) is 74.2 Å². The highest BCUT2D eigenvalue weighted by atomic mass is 35.5. The Morgan fingerprint density at radius 1 is 1.16 bits per heavy atom. The molecule has 0 unspecified atom stereocenters. The summed E-state index contributed by atoms with van der Waals surface area (Å²) >= 11 is 5.00. The first kappa shape index (κ1) is 22.7. The predicted octanol–water partition coefficient (Wildman–Crippen LogP) is 5.27. The molecule has 166 valence electrons. The molecule has 0 aliphatic heterocycles. The third kappa shape index (κ3) is 4.14. The summed E-state index contributed by atoms with van der Waals surface area (Å²) in [4.78, 5) is 0.242. The van der Waals surface area contributed by atoms with Crippen LogP contribution in [0.1, 0.15) is 56.5 Å². The van der Waals surface area contributed by atoms with Crippen molar-refractivity contribution < 1.29 is 13.0 Å². The molecule has 1 aliphatic carbocycles. The first-order valence-electron chi connectivity index (χ1n) is 10.3. The zero-order valence-corrected chi connectivity index (χ0v) is 20.5. The van der Waals surface area contributed by atoms with Crippen LogP contribution in [0.3, 0.4) is 0 Å². The number of benzene rings is 2. The molecule has 1 N–H and O–H groups in total. The predicted molar refractivity (Wildman–Crippen MR) is 127 cm³/mol. The Labute approximate surface area is 192 Å². The Bertz CT molecular complexity index is 1230. The van der Waals surface area contributed by atoms with Gasteiger partial charge in [0.15, 0.2) is 0 Å². The van der Waals surface area contributed by atoms with Gasteiger partial charge in [-0.05, 0) is 71.2 Å². The summed E-state index contributed by atoms with van der Waals surface area (Å²) in [6, 6.07) is 12.0. The molecule has 4 rings (SSSR count). The summed E-state index contributed by atoms with van der Waals surface area (Å²) in [5, 5.41) is 1.31. The maximum absolute atomic E-state index is 13.7. The van der Waals surface area contributed by atoms with E-state index in [9.17, 15) is 13.0 Å². The van der Waals surface area contributed by atoms with Crippen LogP contribution in [0.4, 0.5) is 0 Å². The Kier molecular flexibility index (Phi) is 5.94. The summed E-state index contributed by atoms with van der Waals surface area (Å²) in [5.74, 6) is 0. The van der Waals surface area contributed by atoms with Crippen LogP contribution >= 0.6 is 11.6 Å². The summed E-state index contributed by atoms with van der Waals surface area (Å²) in [5.41, 5.74) is 3.21. The van der Waals surface area contributed by atoms with Gasteiger partial charge < -0.3 is 4.55 Å². The molecule has 31 heavy (non-hydrogen) atoms. The molecule has 0 bridgehead atoms. The van der Waals surface area contributed by atoms with Gasteiger partial charge in [-0.2, -0.15) is 0 Å². The zero-order chi connectivity index (χ0) is 22.6. The molecule has 0 radical (unpaired) electrons. The van der Waals surface area contributed by atoms with Crippen molar-refractivity contribution in [1.29, 1.82) is 0 Å². The second-order valence-corrected chi connectivity index (χ2v) is 13.3. The lowest BCUT2D eigenvalue weighted by Crippen LogP contribution is -2.42. The molecule has 0 fully saturated rings. The molecule has 5 nitrogen and oxygen atoms in total. The third-order valence-electron chi connectivity index (χ3n) is 5.64. The van der Waals surface area contributed by atoms with E-state index in [2.05, 4.69) is 4.72 Å². The van der Waals surface area contributed by atoms with Gasteiger partial charge in [-0.3, -0.25) is 0 Å². The highest BCUT2D eigenvalue weighted by Crippen LogP contribution is 2.41. The van der Waals surface area contributed by atoms with Gasteiger partial charge in [0.2, 0.25) is 0 Å². The molecule has 2 atom stereocenters. The molecule has 1 aromatic heterocycles. The van der Waals surface area contributed by atoms with E-state index in [-0.39, 0.29) is 10.9 Å². The number of hydrogen-bond donors (Lipinski definition) is 1. The van der Waals surface area contributed by atoms with Crippen molar-refractivity contribution in [2.24, 2.45) is 0 Å². The third-order valence-corrected chi connectivity index (χ3v) is 9.26. The van der Waals surface area contributed by atoms with Crippen LogP contribution in [0.25, 0.3) is 10.9 Å². The molecule has 0 spiro atoms.